The number of hydrogen-bond donors (Lipinski definition) is 1. The number of likely N-dealkylation sites (N-methyl/N-ethyl adjacent to an activating group) is 1. The molecule has 1 aliphatic rings. The summed E-state index contributed by atoms with van der Waals surface area (Å²) < 4.78 is 2.08. The quantitative estimate of drug-likeness (QED) is 0.631. The Balaban J connectivity index is 1.71. The van der Waals surface area contributed by atoms with Gasteiger partial charge in [0.05, 0.1) is 12.6 Å². The first-order valence-corrected chi connectivity index (χ1v) is 11.6. The Hall–Kier alpha value is -2.52. The zero-order valence-electron chi connectivity index (χ0n) is 18.7. The van der Waals surface area contributed by atoms with Gasteiger partial charge >= 0.3 is 0 Å². The van der Waals surface area contributed by atoms with E-state index in [1.54, 1.807) is 17.4 Å². The molecule has 2 amide bonds. The Kier molecular flexibility index (Phi) is 7.97. The molecule has 2 aromatic rings. The second-order valence-corrected chi connectivity index (χ2v) is 9.52. The molecular weight excluding hydrogens is 412 g/mol. The highest BCUT2D eigenvalue weighted by molar-refractivity contribution is 7.10. The SMILES string of the molecule is CC(C)CC(NC(=O)CN(C)C)c1nnc2n1CCN(C(=O)C=Cc1cccs1)CC2. The molecule has 0 saturated heterocycles. The van der Waals surface area contributed by atoms with Gasteiger partial charge in [0.1, 0.15) is 5.82 Å². The van der Waals surface area contributed by atoms with Crippen molar-refractivity contribution in [3.63, 3.8) is 0 Å². The van der Waals surface area contributed by atoms with Crippen LogP contribution in [0.25, 0.3) is 6.08 Å². The van der Waals surface area contributed by atoms with Crippen LogP contribution in [0.4, 0.5) is 0 Å². The molecule has 8 nitrogen and oxygen atoms in total. The molecule has 1 N–H and O–H groups in total. The number of carbonyl (C=O) groups excluding carboxylic acids is 2. The van der Waals surface area contributed by atoms with Crippen LogP contribution in [0.5, 0.6) is 0 Å². The molecule has 3 rings (SSSR count). The number of nitrogens with zero attached hydrogens (tertiary/aromatic N) is 5. The normalized spacial score (nSPS) is 15.4. The molecular formula is C22H32N6O2S. The number of carbonyl (C=O) groups is 2. The van der Waals surface area contributed by atoms with Crippen molar-refractivity contribution in [2.24, 2.45) is 5.92 Å². The van der Waals surface area contributed by atoms with Gasteiger partial charge in [0.2, 0.25) is 11.8 Å². The Morgan fingerprint density at radius 2 is 2.06 bits per heavy atom. The van der Waals surface area contributed by atoms with E-state index in [0.29, 0.717) is 38.5 Å². The summed E-state index contributed by atoms with van der Waals surface area (Å²) in [4.78, 5) is 29.8. The van der Waals surface area contributed by atoms with E-state index in [1.165, 1.54) is 0 Å². The van der Waals surface area contributed by atoms with E-state index in [0.717, 1.165) is 22.9 Å². The summed E-state index contributed by atoms with van der Waals surface area (Å²) in [6.07, 6.45) is 4.93. The van der Waals surface area contributed by atoms with Crippen molar-refractivity contribution in [2.75, 3.05) is 33.7 Å². The van der Waals surface area contributed by atoms with Crippen molar-refractivity contribution in [3.05, 3.63) is 40.1 Å². The van der Waals surface area contributed by atoms with Gasteiger partial charge in [0, 0.05) is 37.0 Å². The monoisotopic (exact) mass is 444 g/mol. The zero-order chi connectivity index (χ0) is 22.4. The van der Waals surface area contributed by atoms with Crippen LogP contribution in [0.15, 0.2) is 23.6 Å². The lowest BCUT2D eigenvalue weighted by Crippen LogP contribution is -2.37. The Morgan fingerprint density at radius 1 is 1.26 bits per heavy atom. The molecule has 0 aliphatic carbocycles. The topological polar surface area (TPSA) is 83.4 Å². The van der Waals surface area contributed by atoms with Crippen LogP contribution in [0.2, 0.25) is 0 Å². The molecule has 168 valence electrons. The summed E-state index contributed by atoms with van der Waals surface area (Å²) in [5.41, 5.74) is 0. The summed E-state index contributed by atoms with van der Waals surface area (Å²) >= 11 is 1.61. The van der Waals surface area contributed by atoms with E-state index in [2.05, 4.69) is 33.9 Å². The molecule has 0 bridgehead atoms. The van der Waals surface area contributed by atoms with E-state index >= 15 is 0 Å². The number of nitrogens with one attached hydrogen (secondary N) is 1. The van der Waals surface area contributed by atoms with E-state index < -0.39 is 0 Å². The van der Waals surface area contributed by atoms with Crippen molar-refractivity contribution in [1.29, 1.82) is 0 Å². The Bertz CT molecular complexity index is 903. The van der Waals surface area contributed by atoms with Crippen LogP contribution < -0.4 is 5.32 Å². The minimum absolute atomic E-state index is 0.00618. The maximum atomic E-state index is 12.7. The van der Waals surface area contributed by atoms with Crippen molar-refractivity contribution >= 4 is 29.2 Å². The smallest absolute Gasteiger partial charge is 0.246 e. The molecule has 0 radical (unpaired) electrons. The van der Waals surface area contributed by atoms with E-state index in [9.17, 15) is 9.59 Å². The molecule has 0 spiro atoms. The zero-order valence-corrected chi connectivity index (χ0v) is 19.6. The highest BCUT2D eigenvalue weighted by Crippen LogP contribution is 2.22. The van der Waals surface area contributed by atoms with Gasteiger partial charge in [-0.25, -0.2) is 0 Å². The van der Waals surface area contributed by atoms with Crippen LogP contribution in [0.3, 0.4) is 0 Å². The number of hydrogen-bond acceptors (Lipinski definition) is 6. The maximum absolute atomic E-state index is 12.7. The van der Waals surface area contributed by atoms with Gasteiger partial charge in [0.25, 0.3) is 0 Å². The summed E-state index contributed by atoms with van der Waals surface area (Å²) in [6.45, 7) is 6.40. The summed E-state index contributed by atoms with van der Waals surface area (Å²) in [6, 6.07) is 3.76. The molecule has 1 atom stereocenters. The number of fused-ring (bicyclic) bond motifs is 1. The predicted molar refractivity (Wildman–Crippen MR) is 123 cm³/mol. The fourth-order valence-corrected chi connectivity index (χ4v) is 4.31. The first-order chi connectivity index (χ1) is 14.8. The van der Waals surface area contributed by atoms with Crippen LogP contribution in [0, 0.1) is 5.92 Å². The minimum Gasteiger partial charge on any atom is -0.345 e. The second kappa shape index (κ2) is 10.7. The second-order valence-electron chi connectivity index (χ2n) is 8.54. The molecule has 3 heterocycles. The summed E-state index contributed by atoms with van der Waals surface area (Å²) in [5.74, 6) is 2.01. The average Bonchev–Trinajstić information content (AvgIpc) is 3.30. The number of aromatic nitrogens is 3. The summed E-state index contributed by atoms with van der Waals surface area (Å²) in [5, 5.41) is 13.9. The number of thiophene rings is 1. The highest BCUT2D eigenvalue weighted by atomic mass is 32.1. The van der Waals surface area contributed by atoms with E-state index in [-0.39, 0.29) is 17.9 Å². The van der Waals surface area contributed by atoms with Crippen molar-refractivity contribution in [1.82, 2.24) is 29.9 Å². The molecule has 31 heavy (non-hydrogen) atoms. The van der Waals surface area contributed by atoms with Crippen LogP contribution in [-0.2, 0) is 22.6 Å². The summed E-state index contributed by atoms with van der Waals surface area (Å²) in [7, 11) is 3.75. The third kappa shape index (κ3) is 6.48. The van der Waals surface area contributed by atoms with Crippen LogP contribution in [0.1, 0.15) is 42.8 Å². The van der Waals surface area contributed by atoms with Gasteiger partial charge in [-0.15, -0.1) is 21.5 Å². The van der Waals surface area contributed by atoms with Crippen LogP contribution >= 0.6 is 11.3 Å². The first kappa shape index (κ1) is 23.1. The van der Waals surface area contributed by atoms with Gasteiger partial charge in [0.15, 0.2) is 5.82 Å². The predicted octanol–water partition coefficient (Wildman–Crippen LogP) is 2.20. The van der Waals surface area contributed by atoms with Crippen molar-refractivity contribution in [3.8, 4) is 0 Å². The number of rotatable bonds is 8. The largest absolute Gasteiger partial charge is 0.345 e. The van der Waals surface area contributed by atoms with Gasteiger partial charge in [-0.1, -0.05) is 19.9 Å². The van der Waals surface area contributed by atoms with Gasteiger partial charge in [-0.2, -0.15) is 0 Å². The maximum Gasteiger partial charge on any atom is 0.246 e. The number of amides is 2. The van der Waals surface area contributed by atoms with Crippen molar-refractivity contribution in [2.45, 2.75) is 39.3 Å². The average molecular weight is 445 g/mol. The molecule has 0 saturated carbocycles. The van der Waals surface area contributed by atoms with Gasteiger partial charge in [-0.3, -0.25) is 9.59 Å². The third-order valence-electron chi connectivity index (χ3n) is 5.11. The lowest BCUT2D eigenvalue weighted by molar-refractivity contribution is -0.126. The van der Waals surface area contributed by atoms with Crippen LogP contribution in [-0.4, -0.2) is 70.1 Å². The molecule has 0 aromatic carbocycles. The lowest BCUT2D eigenvalue weighted by atomic mass is 10.0. The molecule has 2 aromatic heterocycles. The van der Waals surface area contributed by atoms with E-state index in [1.807, 2.05) is 47.5 Å². The van der Waals surface area contributed by atoms with Gasteiger partial charge < -0.3 is 19.7 Å². The fraction of sp³-hybridized carbons (Fsp3) is 0.545. The standard InChI is InChI=1S/C22H32N6O2S/c1-16(2)14-18(23-20(29)15-26(3)4)22-25-24-19-9-10-27(11-12-28(19)22)21(30)8-7-17-6-5-13-31-17/h5-8,13,16,18H,9-12,14-15H2,1-4H3,(H,23,29). The van der Waals surface area contributed by atoms with E-state index in [4.69, 9.17) is 0 Å². The molecule has 0 fully saturated rings. The Labute approximate surface area is 187 Å². The van der Waals surface area contributed by atoms with Gasteiger partial charge in [-0.05, 0) is 44.0 Å². The highest BCUT2D eigenvalue weighted by Gasteiger charge is 2.26. The fourth-order valence-electron chi connectivity index (χ4n) is 3.70. The minimum atomic E-state index is -0.199. The molecule has 9 heteroatoms. The van der Waals surface area contributed by atoms with Crippen molar-refractivity contribution < 1.29 is 9.59 Å². The molecule has 1 unspecified atom stereocenters. The Morgan fingerprint density at radius 3 is 2.74 bits per heavy atom. The molecule has 1 aliphatic heterocycles. The first-order valence-electron chi connectivity index (χ1n) is 10.7. The lowest BCUT2D eigenvalue weighted by Gasteiger charge is -2.22. The third-order valence-corrected chi connectivity index (χ3v) is 5.95.